The molecule has 2 N–H and O–H groups in total. The van der Waals surface area contributed by atoms with Crippen molar-refractivity contribution in [3.8, 4) is 5.75 Å². The fourth-order valence-electron chi connectivity index (χ4n) is 1.80. The van der Waals surface area contributed by atoms with Crippen LogP contribution in [0.3, 0.4) is 0 Å². The van der Waals surface area contributed by atoms with Crippen molar-refractivity contribution < 1.29 is 4.74 Å². The number of benzene rings is 2. The predicted octanol–water partition coefficient (Wildman–Crippen LogP) is 4.26. The molecule has 3 heteroatoms. The number of ether oxygens (including phenoxy) is 1. The summed E-state index contributed by atoms with van der Waals surface area (Å²) in [7, 11) is 1.68. The zero-order valence-corrected chi connectivity index (χ0v) is 12.1. The second-order valence-electron chi connectivity index (χ2n) is 4.36. The lowest BCUT2D eigenvalue weighted by molar-refractivity contribution is 0.414. The molecule has 0 amide bonds. The van der Waals surface area contributed by atoms with Gasteiger partial charge in [-0.15, -0.1) is 0 Å². The van der Waals surface area contributed by atoms with Crippen molar-refractivity contribution in [3.05, 3.63) is 54.1 Å². The highest BCUT2D eigenvalue weighted by Gasteiger charge is 2.03. The van der Waals surface area contributed by atoms with Crippen LogP contribution >= 0.6 is 11.8 Å². The van der Waals surface area contributed by atoms with E-state index in [4.69, 9.17) is 10.5 Å². The van der Waals surface area contributed by atoms with E-state index in [1.807, 2.05) is 12.1 Å². The first-order chi connectivity index (χ1) is 9.22. The number of rotatable bonds is 5. The molecule has 2 rings (SSSR count). The van der Waals surface area contributed by atoms with E-state index < -0.39 is 0 Å². The minimum Gasteiger partial charge on any atom is -0.497 e. The summed E-state index contributed by atoms with van der Waals surface area (Å²) in [6.07, 6.45) is 0.963. The quantitative estimate of drug-likeness (QED) is 0.884. The molecule has 2 aromatic carbocycles. The Morgan fingerprint density at radius 1 is 1.00 bits per heavy atom. The van der Waals surface area contributed by atoms with Crippen molar-refractivity contribution in [3.63, 3.8) is 0 Å². The number of nitrogens with two attached hydrogens (primary N) is 1. The minimum atomic E-state index is 0.139. The van der Waals surface area contributed by atoms with Crippen molar-refractivity contribution in [2.75, 3.05) is 7.11 Å². The first-order valence-electron chi connectivity index (χ1n) is 6.40. The molecule has 1 unspecified atom stereocenters. The Kier molecular flexibility index (Phi) is 4.88. The van der Waals surface area contributed by atoms with E-state index >= 15 is 0 Å². The van der Waals surface area contributed by atoms with Gasteiger partial charge in [0.05, 0.1) is 7.11 Å². The second-order valence-corrected chi connectivity index (χ2v) is 5.51. The van der Waals surface area contributed by atoms with Crippen molar-refractivity contribution in [2.24, 2.45) is 5.73 Å². The molecule has 100 valence electrons. The van der Waals surface area contributed by atoms with Gasteiger partial charge in [-0.05, 0) is 48.4 Å². The van der Waals surface area contributed by atoms with E-state index in [1.54, 1.807) is 18.9 Å². The van der Waals surface area contributed by atoms with Crippen molar-refractivity contribution >= 4 is 11.8 Å². The first-order valence-corrected chi connectivity index (χ1v) is 7.22. The lowest BCUT2D eigenvalue weighted by atomic mass is 10.1. The predicted molar refractivity (Wildman–Crippen MR) is 80.8 cm³/mol. The molecular weight excluding hydrogens is 254 g/mol. The lowest BCUT2D eigenvalue weighted by Crippen LogP contribution is -2.07. The smallest absolute Gasteiger partial charge is 0.118 e. The van der Waals surface area contributed by atoms with E-state index in [0.29, 0.717) is 0 Å². The van der Waals surface area contributed by atoms with Crippen LogP contribution in [-0.2, 0) is 0 Å². The third kappa shape index (κ3) is 3.75. The Hall–Kier alpha value is -1.45. The molecule has 0 heterocycles. The van der Waals surface area contributed by atoms with E-state index in [-0.39, 0.29) is 6.04 Å². The molecular formula is C16H19NOS. The molecule has 0 radical (unpaired) electrons. The van der Waals surface area contributed by atoms with Gasteiger partial charge in [0.15, 0.2) is 0 Å². The lowest BCUT2D eigenvalue weighted by Gasteiger charge is -2.09. The Morgan fingerprint density at radius 2 is 1.53 bits per heavy atom. The van der Waals surface area contributed by atoms with Crippen LogP contribution in [0.25, 0.3) is 0 Å². The largest absolute Gasteiger partial charge is 0.497 e. The van der Waals surface area contributed by atoms with Crippen LogP contribution in [0.4, 0.5) is 0 Å². The van der Waals surface area contributed by atoms with Gasteiger partial charge in [-0.25, -0.2) is 0 Å². The maximum atomic E-state index is 6.01. The van der Waals surface area contributed by atoms with Gasteiger partial charge in [-0.3, -0.25) is 0 Å². The van der Waals surface area contributed by atoms with Crippen LogP contribution in [0.5, 0.6) is 5.75 Å². The molecule has 0 fully saturated rings. The summed E-state index contributed by atoms with van der Waals surface area (Å²) in [5.74, 6) is 0.883. The highest BCUT2D eigenvalue weighted by molar-refractivity contribution is 7.99. The Labute approximate surface area is 119 Å². The van der Waals surface area contributed by atoms with Gasteiger partial charge in [-0.1, -0.05) is 30.8 Å². The average Bonchev–Trinajstić information content (AvgIpc) is 2.48. The standard InChI is InChI=1S/C16H19NOS/c1-3-16(17)12-4-8-14(9-5-12)19-15-10-6-13(18-2)7-11-15/h4-11,16H,3,17H2,1-2H3. The number of hydrogen-bond acceptors (Lipinski definition) is 3. The topological polar surface area (TPSA) is 35.2 Å². The molecule has 0 aromatic heterocycles. The van der Waals surface area contributed by atoms with E-state index in [0.717, 1.165) is 12.2 Å². The van der Waals surface area contributed by atoms with Gasteiger partial charge in [-0.2, -0.15) is 0 Å². The number of hydrogen-bond donors (Lipinski definition) is 1. The third-order valence-corrected chi connectivity index (χ3v) is 4.06. The highest BCUT2D eigenvalue weighted by Crippen LogP contribution is 2.29. The van der Waals surface area contributed by atoms with E-state index in [1.165, 1.54) is 15.4 Å². The van der Waals surface area contributed by atoms with E-state index in [2.05, 4.69) is 43.3 Å². The van der Waals surface area contributed by atoms with E-state index in [9.17, 15) is 0 Å². The molecule has 19 heavy (non-hydrogen) atoms. The number of methoxy groups -OCH3 is 1. The molecule has 0 aliphatic rings. The van der Waals surface area contributed by atoms with Crippen LogP contribution in [0.1, 0.15) is 24.9 Å². The van der Waals surface area contributed by atoms with Gasteiger partial charge in [0.1, 0.15) is 5.75 Å². The maximum Gasteiger partial charge on any atom is 0.118 e. The summed E-state index contributed by atoms with van der Waals surface area (Å²) in [6.45, 7) is 2.10. The first kappa shape index (κ1) is 14.0. The van der Waals surface area contributed by atoms with Gasteiger partial charge >= 0.3 is 0 Å². The Bertz CT molecular complexity index is 507. The van der Waals surface area contributed by atoms with Gasteiger partial charge in [0.25, 0.3) is 0 Å². The Morgan fingerprint density at radius 3 is 2.00 bits per heavy atom. The third-order valence-electron chi connectivity index (χ3n) is 3.04. The van der Waals surface area contributed by atoms with Crippen molar-refractivity contribution in [2.45, 2.75) is 29.2 Å². The molecule has 0 bridgehead atoms. The molecule has 0 spiro atoms. The highest BCUT2D eigenvalue weighted by atomic mass is 32.2. The summed E-state index contributed by atoms with van der Waals surface area (Å²) in [6, 6.07) is 16.7. The minimum absolute atomic E-state index is 0.139. The summed E-state index contributed by atoms with van der Waals surface area (Å²) in [4.78, 5) is 2.42. The molecule has 1 atom stereocenters. The fourth-order valence-corrected chi connectivity index (χ4v) is 2.62. The summed E-state index contributed by atoms with van der Waals surface area (Å²) < 4.78 is 5.15. The van der Waals surface area contributed by atoms with Crippen LogP contribution in [0, 0.1) is 0 Å². The van der Waals surface area contributed by atoms with Crippen LogP contribution < -0.4 is 10.5 Å². The zero-order valence-electron chi connectivity index (χ0n) is 11.3. The van der Waals surface area contributed by atoms with Crippen LogP contribution in [0.15, 0.2) is 58.3 Å². The monoisotopic (exact) mass is 273 g/mol. The SMILES string of the molecule is CCC(N)c1ccc(Sc2ccc(OC)cc2)cc1. The van der Waals surface area contributed by atoms with Crippen molar-refractivity contribution in [1.82, 2.24) is 0 Å². The van der Waals surface area contributed by atoms with Crippen molar-refractivity contribution in [1.29, 1.82) is 0 Å². The zero-order chi connectivity index (χ0) is 13.7. The molecule has 0 aliphatic heterocycles. The molecule has 0 saturated heterocycles. The van der Waals surface area contributed by atoms with Gasteiger partial charge in [0, 0.05) is 15.8 Å². The maximum absolute atomic E-state index is 6.01. The molecule has 2 aromatic rings. The molecule has 0 saturated carbocycles. The summed E-state index contributed by atoms with van der Waals surface area (Å²) in [5.41, 5.74) is 7.20. The van der Waals surface area contributed by atoms with Crippen LogP contribution in [0.2, 0.25) is 0 Å². The van der Waals surface area contributed by atoms with Crippen LogP contribution in [-0.4, -0.2) is 7.11 Å². The summed E-state index contributed by atoms with van der Waals surface area (Å²) in [5, 5.41) is 0. The molecule has 2 nitrogen and oxygen atoms in total. The molecule has 0 aliphatic carbocycles. The average molecular weight is 273 g/mol. The second kappa shape index (κ2) is 6.64. The Balaban J connectivity index is 2.06. The summed E-state index contributed by atoms with van der Waals surface area (Å²) >= 11 is 1.74. The normalized spacial score (nSPS) is 12.2. The van der Waals surface area contributed by atoms with Gasteiger partial charge in [0.2, 0.25) is 0 Å². The fraction of sp³-hybridized carbons (Fsp3) is 0.250. The van der Waals surface area contributed by atoms with Gasteiger partial charge < -0.3 is 10.5 Å².